The second kappa shape index (κ2) is 8.48. The molecule has 0 amide bonds. The number of allylic oxidation sites excluding steroid dienone is 5. The van der Waals surface area contributed by atoms with Crippen molar-refractivity contribution in [3.05, 3.63) is 98.9 Å². The molecule has 0 heterocycles. The minimum atomic E-state index is -2.19. The number of halogens is 3. The van der Waals surface area contributed by atoms with Crippen LogP contribution in [0.15, 0.2) is 64.8 Å². The summed E-state index contributed by atoms with van der Waals surface area (Å²) in [6.07, 6.45) is 2.15. The van der Waals surface area contributed by atoms with Crippen molar-refractivity contribution >= 4 is 11.0 Å². The van der Waals surface area contributed by atoms with Crippen molar-refractivity contribution in [1.82, 2.24) is 0 Å². The van der Waals surface area contributed by atoms with Crippen molar-refractivity contribution in [3.63, 3.8) is 0 Å². The van der Waals surface area contributed by atoms with Crippen molar-refractivity contribution in [3.8, 4) is 0 Å². The number of rotatable bonds is 3. The molecule has 2 aliphatic carbocycles. The number of hydrogen-bond donors (Lipinski definition) is 0. The normalized spacial score (nSPS) is 18.6. The van der Waals surface area contributed by atoms with Gasteiger partial charge in [-0.05, 0) is 0 Å². The molecule has 0 nitrogen and oxygen atoms in total. The van der Waals surface area contributed by atoms with Crippen LogP contribution in [0.3, 0.4) is 0 Å². The summed E-state index contributed by atoms with van der Waals surface area (Å²) >= 11 is -2.19. The molecule has 2 aliphatic rings. The molecule has 1 unspecified atom stereocenters. The summed E-state index contributed by atoms with van der Waals surface area (Å²) in [5.74, 6) is -2.84. The molecule has 1 atom stereocenters. The predicted octanol–water partition coefficient (Wildman–Crippen LogP) is 7.93. The maximum atomic E-state index is 14.8. The molecule has 160 valence electrons. The fourth-order valence-electron chi connectivity index (χ4n) is 5.20. The number of hydrogen-bond acceptors (Lipinski definition) is 0. The van der Waals surface area contributed by atoms with E-state index in [-0.39, 0.29) is 9.19 Å². The van der Waals surface area contributed by atoms with E-state index in [4.69, 9.17) is 0 Å². The van der Waals surface area contributed by atoms with Crippen LogP contribution in [0.5, 0.6) is 0 Å². The Morgan fingerprint density at radius 3 is 2.06 bits per heavy atom. The Balaban J connectivity index is 1.95. The molecule has 31 heavy (non-hydrogen) atoms. The van der Waals surface area contributed by atoms with Gasteiger partial charge in [0, 0.05) is 0 Å². The van der Waals surface area contributed by atoms with E-state index < -0.39 is 43.3 Å². The van der Waals surface area contributed by atoms with Crippen molar-refractivity contribution in [2.24, 2.45) is 0 Å². The van der Waals surface area contributed by atoms with Crippen LogP contribution in [0.1, 0.15) is 48.0 Å². The van der Waals surface area contributed by atoms with Crippen molar-refractivity contribution < 1.29 is 33.5 Å². The van der Waals surface area contributed by atoms with Crippen LogP contribution in [0.25, 0.3) is 5.57 Å². The molecule has 0 bridgehead atoms. The van der Waals surface area contributed by atoms with Gasteiger partial charge in [-0.1, -0.05) is 0 Å². The van der Waals surface area contributed by atoms with Gasteiger partial charge in [-0.15, -0.1) is 0 Å². The molecule has 0 spiro atoms. The van der Waals surface area contributed by atoms with Gasteiger partial charge in [-0.2, -0.15) is 0 Å². The summed E-state index contributed by atoms with van der Waals surface area (Å²) in [6.45, 7) is 13.8. The molecule has 0 aliphatic heterocycles. The van der Waals surface area contributed by atoms with Gasteiger partial charge in [-0.25, -0.2) is 0 Å². The van der Waals surface area contributed by atoms with E-state index in [0.29, 0.717) is 15.3 Å². The molecular weight excluding hydrogens is 489 g/mol. The zero-order valence-corrected chi connectivity index (χ0v) is 22.3. The predicted molar refractivity (Wildman–Crippen MR) is 121 cm³/mol. The topological polar surface area (TPSA) is 0 Å². The second-order valence-electron chi connectivity index (χ2n) is 8.90. The van der Waals surface area contributed by atoms with Crippen LogP contribution in [-0.2, 0) is 20.4 Å². The Morgan fingerprint density at radius 1 is 0.839 bits per heavy atom. The molecule has 2 aromatic carbocycles. The van der Waals surface area contributed by atoms with E-state index in [1.807, 2.05) is 18.2 Å². The van der Waals surface area contributed by atoms with E-state index >= 15 is 0 Å². The van der Waals surface area contributed by atoms with E-state index in [1.165, 1.54) is 27.9 Å². The first-order valence-corrected chi connectivity index (χ1v) is 19.6. The van der Waals surface area contributed by atoms with Crippen molar-refractivity contribution in [1.29, 1.82) is 0 Å². The molecule has 0 saturated heterocycles. The average molecular weight is 516 g/mol. The zero-order chi connectivity index (χ0) is 22.6. The van der Waals surface area contributed by atoms with Crippen LogP contribution in [0.2, 0.25) is 16.7 Å². The van der Waals surface area contributed by atoms with Crippen LogP contribution >= 0.6 is 0 Å². The second-order valence-corrected chi connectivity index (χ2v) is 26.9. The Morgan fingerprint density at radius 2 is 1.45 bits per heavy atom. The van der Waals surface area contributed by atoms with E-state index in [0.717, 1.165) is 11.6 Å². The molecule has 2 aromatic rings. The van der Waals surface area contributed by atoms with Gasteiger partial charge in [0.15, 0.2) is 0 Å². The first-order valence-electron chi connectivity index (χ1n) is 10.6. The number of benzene rings is 2. The molecule has 4 rings (SSSR count). The van der Waals surface area contributed by atoms with Gasteiger partial charge in [-0.3, -0.25) is 0 Å². The zero-order valence-electron chi connectivity index (χ0n) is 18.8. The quantitative estimate of drug-likeness (QED) is 0.288. The van der Waals surface area contributed by atoms with E-state index in [1.54, 1.807) is 0 Å². The summed E-state index contributed by atoms with van der Waals surface area (Å²) in [5.41, 5.74) is 8.06. The molecule has 0 saturated carbocycles. The first-order chi connectivity index (χ1) is 14.6. The van der Waals surface area contributed by atoms with Gasteiger partial charge in [0.1, 0.15) is 0 Å². The monoisotopic (exact) mass is 514 g/mol. The van der Waals surface area contributed by atoms with E-state index in [9.17, 15) is 13.2 Å². The Kier molecular flexibility index (Phi) is 6.22. The van der Waals surface area contributed by atoms with Gasteiger partial charge < -0.3 is 0 Å². The molecule has 0 aromatic heterocycles. The summed E-state index contributed by atoms with van der Waals surface area (Å²) in [6, 6.07) is 9.81. The average Bonchev–Trinajstić information content (AvgIpc) is 3.18. The maximum absolute atomic E-state index is 14.8. The fraction of sp³-hybridized carbons (Fsp3) is 0.308. The molecule has 0 radical (unpaired) electrons. The SMILES string of the molecule is CC1=C(C)[CH]([Zr]([CH]2C=C(c3cc(F)cc(F)c3F)c3ccccc32)=[Si](C)C)C(C)=C1C. The van der Waals surface area contributed by atoms with Gasteiger partial charge >= 0.3 is 191 Å². The third-order valence-electron chi connectivity index (χ3n) is 7.04. The summed E-state index contributed by atoms with van der Waals surface area (Å²) in [5, 5.41) is 0. The van der Waals surface area contributed by atoms with Gasteiger partial charge in [0.25, 0.3) is 0 Å². The van der Waals surface area contributed by atoms with Crippen LogP contribution in [0, 0.1) is 17.5 Å². The molecular formula is C26H27F3SiZr. The van der Waals surface area contributed by atoms with E-state index in [2.05, 4.69) is 52.9 Å². The fourth-order valence-corrected chi connectivity index (χ4v) is 25.8. The minimum absolute atomic E-state index is 0.0365. The summed E-state index contributed by atoms with van der Waals surface area (Å²) < 4.78 is 43.7. The molecule has 5 heteroatoms. The van der Waals surface area contributed by atoms with Crippen molar-refractivity contribution in [2.45, 2.75) is 48.0 Å². The Hall–Kier alpha value is -1.45. The third-order valence-corrected chi connectivity index (χ3v) is 26.7. The van der Waals surface area contributed by atoms with Crippen molar-refractivity contribution in [2.75, 3.05) is 0 Å². The summed E-state index contributed by atoms with van der Waals surface area (Å²) in [7, 11) is 0. The van der Waals surface area contributed by atoms with Crippen LogP contribution in [0.4, 0.5) is 13.2 Å². The van der Waals surface area contributed by atoms with Gasteiger partial charge in [0.2, 0.25) is 0 Å². The Bertz CT molecular complexity index is 1210. The van der Waals surface area contributed by atoms with Crippen LogP contribution in [-0.4, -0.2) is 5.43 Å². The molecule has 0 N–H and O–H groups in total. The molecule has 0 fully saturated rings. The van der Waals surface area contributed by atoms with Gasteiger partial charge in [0.05, 0.1) is 0 Å². The number of fused-ring (bicyclic) bond motifs is 1. The Labute approximate surface area is 190 Å². The first kappa shape index (κ1) is 22.7. The van der Waals surface area contributed by atoms with Crippen LogP contribution < -0.4 is 0 Å². The summed E-state index contributed by atoms with van der Waals surface area (Å²) in [4.78, 5) is 0. The standard InChI is InChI=1S/C15H8F3.C9H13.C2H6Si.Zr/c16-10-7-13(15(18)14(17)8-10)12-6-5-9-3-1-2-4-11(9)12;1-6-5-7(2)9(4)8(6)3;1-3-2;/h1-8H;5H,1-4H3;1-2H3;. The third kappa shape index (κ3) is 3.72.